The third-order valence-corrected chi connectivity index (χ3v) is 3.44. The van der Waals surface area contributed by atoms with E-state index in [4.69, 9.17) is 0 Å². The van der Waals surface area contributed by atoms with E-state index >= 15 is 0 Å². The smallest absolute Gasteiger partial charge is 0.167 e. The van der Waals surface area contributed by atoms with E-state index in [1.54, 1.807) is 0 Å². The first kappa shape index (κ1) is 14.1. The third-order valence-electron chi connectivity index (χ3n) is 3.44. The summed E-state index contributed by atoms with van der Waals surface area (Å²) in [5.74, 6) is -1.77. The second kappa shape index (κ2) is 5.48. The number of benzene rings is 3. The largest absolute Gasteiger partial charge is 0.508 e. The van der Waals surface area contributed by atoms with Crippen LogP contribution in [0.15, 0.2) is 60.7 Å². The summed E-state index contributed by atoms with van der Waals surface area (Å²) < 4.78 is 28.7. The minimum absolute atomic E-state index is 0.0605. The van der Waals surface area contributed by atoms with Gasteiger partial charge in [-0.1, -0.05) is 36.4 Å². The molecule has 0 saturated heterocycles. The molecule has 0 heterocycles. The number of hydrogen-bond acceptors (Lipinski definition) is 2. The molecular weight excluding hydrogens is 286 g/mol. The maximum Gasteiger partial charge on any atom is 0.167 e. The van der Waals surface area contributed by atoms with Gasteiger partial charge in [-0.3, -0.25) is 0 Å². The second-order valence-corrected chi connectivity index (χ2v) is 4.88. The van der Waals surface area contributed by atoms with Crippen LogP contribution in [0.1, 0.15) is 0 Å². The van der Waals surface area contributed by atoms with Crippen molar-refractivity contribution in [3.63, 3.8) is 0 Å². The molecule has 0 aromatic heterocycles. The van der Waals surface area contributed by atoms with Gasteiger partial charge in [-0.25, -0.2) is 8.78 Å². The van der Waals surface area contributed by atoms with Gasteiger partial charge in [-0.2, -0.15) is 0 Å². The van der Waals surface area contributed by atoms with Crippen LogP contribution in [0.3, 0.4) is 0 Å². The second-order valence-electron chi connectivity index (χ2n) is 4.88. The highest BCUT2D eigenvalue weighted by Crippen LogP contribution is 2.32. The van der Waals surface area contributed by atoms with E-state index < -0.39 is 11.6 Å². The lowest BCUT2D eigenvalue weighted by Gasteiger charge is -2.09. The fourth-order valence-electron chi connectivity index (χ4n) is 2.28. The molecule has 0 fully saturated rings. The van der Waals surface area contributed by atoms with Crippen LogP contribution in [0, 0.1) is 11.6 Å². The fraction of sp³-hybridized carbons (Fsp3) is 0. The van der Waals surface area contributed by atoms with Gasteiger partial charge in [0.25, 0.3) is 0 Å². The maximum atomic E-state index is 14.3. The van der Waals surface area contributed by atoms with Gasteiger partial charge < -0.3 is 10.2 Å². The van der Waals surface area contributed by atoms with Gasteiger partial charge in [-0.15, -0.1) is 0 Å². The SMILES string of the molecule is Oc1ccc(-c2ccc(-c3ccc(O)cc3)c(F)c2F)cc1. The first-order valence-electron chi connectivity index (χ1n) is 6.63. The summed E-state index contributed by atoms with van der Waals surface area (Å²) in [4.78, 5) is 0. The highest BCUT2D eigenvalue weighted by atomic mass is 19.2. The van der Waals surface area contributed by atoms with Crippen LogP contribution in [-0.4, -0.2) is 10.2 Å². The van der Waals surface area contributed by atoms with Crippen LogP contribution < -0.4 is 0 Å². The zero-order valence-electron chi connectivity index (χ0n) is 11.4. The number of phenols is 2. The predicted octanol–water partition coefficient (Wildman–Crippen LogP) is 4.71. The molecule has 3 aromatic rings. The molecule has 0 amide bonds. The van der Waals surface area contributed by atoms with Crippen molar-refractivity contribution in [1.82, 2.24) is 0 Å². The molecule has 2 N–H and O–H groups in total. The van der Waals surface area contributed by atoms with Gasteiger partial charge >= 0.3 is 0 Å². The normalized spacial score (nSPS) is 10.6. The Morgan fingerprint density at radius 1 is 0.500 bits per heavy atom. The Kier molecular flexibility index (Phi) is 3.51. The molecule has 0 bridgehead atoms. The number of phenolic OH excluding ortho intramolecular Hbond substituents is 2. The Hall–Kier alpha value is -2.88. The number of halogens is 2. The van der Waals surface area contributed by atoms with E-state index in [0.717, 1.165) is 0 Å². The van der Waals surface area contributed by atoms with Crippen molar-refractivity contribution in [3.8, 4) is 33.8 Å². The molecule has 22 heavy (non-hydrogen) atoms. The lowest BCUT2D eigenvalue weighted by Crippen LogP contribution is -1.93. The predicted molar refractivity (Wildman–Crippen MR) is 80.6 cm³/mol. The average Bonchev–Trinajstić information content (AvgIpc) is 2.52. The zero-order valence-corrected chi connectivity index (χ0v) is 11.4. The Bertz CT molecular complexity index is 739. The molecule has 0 atom stereocenters. The Labute approximate surface area is 125 Å². The molecule has 3 rings (SSSR count). The minimum atomic E-state index is -0.948. The Balaban J connectivity index is 2.08. The molecular formula is C18H12F2O2. The molecule has 110 valence electrons. The third kappa shape index (κ3) is 2.51. The van der Waals surface area contributed by atoms with Crippen LogP contribution in [0.5, 0.6) is 11.5 Å². The highest BCUT2D eigenvalue weighted by molar-refractivity contribution is 5.72. The average molecular weight is 298 g/mol. The molecule has 2 nitrogen and oxygen atoms in total. The molecule has 0 radical (unpaired) electrons. The summed E-state index contributed by atoms with van der Waals surface area (Å²) in [6.45, 7) is 0. The molecule has 4 heteroatoms. The van der Waals surface area contributed by atoms with Crippen LogP contribution in [0.2, 0.25) is 0 Å². The van der Waals surface area contributed by atoms with Crippen LogP contribution >= 0.6 is 0 Å². The van der Waals surface area contributed by atoms with Gasteiger partial charge in [0.2, 0.25) is 0 Å². The molecule has 0 aliphatic carbocycles. The molecule has 0 spiro atoms. The van der Waals surface area contributed by atoms with Crippen LogP contribution in [-0.2, 0) is 0 Å². The Morgan fingerprint density at radius 2 is 0.818 bits per heavy atom. The topological polar surface area (TPSA) is 40.5 Å². The minimum Gasteiger partial charge on any atom is -0.508 e. The molecule has 0 unspecified atom stereocenters. The molecule has 0 aliphatic rings. The van der Waals surface area contributed by atoms with Crippen molar-refractivity contribution < 1.29 is 19.0 Å². The highest BCUT2D eigenvalue weighted by Gasteiger charge is 2.15. The van der Waals surface area contributed by atoms with E-state index in [2.05, 4.69) is 0 Å². The monoisotopic (exact) mass is 298 g/mol. The van der Waals surface area contributed by atoms with Gasteiger partial charge in [0.15, 0.2) is 11.6 Å². The van der Waals surface area contributed by atoms with Crippen molar-refractivity contribution >= 4 is 0 Å². The summed E-state index contributed by atoms with van der Waals surface area (Å²) in [6, 6.07) is 14.7. The van der Waals surface area contributed by atoms with E-state index in [1.807, 2.05) is 0 Å². The van der Waals surface area contributed by atoms with E-state index in [1.165, 1.54) is 60.7 Å². The quantitative estimate of drug-likeness (QED) is 0.719. The van der Waals surface area contributed by atoms with Gasteiger partial charge in [0.1, 0.15) is 11.5 Å². The molecule has 3 aromatic carbocycles. The zero-order chi connectivity index (χ0) is 15.7. The number of aromatic hydroxyl groups is 2. The summed E-state index contributed by atoms with van der Waals surface area (Å²) in [6.07, 6.45) is 0. The first-order chi connectivity index (χ1) is 10.6. The summed E-state index contributed by atoms with van der Waals surface area (Å²) in [5, 5.41) is 18.5. The lowest BCUT2D eigenvalue weighted by atomic mass is 9.99. The molecule has 0 aliphatic heterocycles. The maximum absolute atomic E-state index is 14.3. The number of hydrogen-bond donors (Lipinski definition) is 2. The summed E-state index contributed by atoms with van der Waals surface area (Å²) in [7, 11) is 0. The van der Waals surface area contributed by atoms with Crippen molar-refractivity contribution in [2.45, 2.75) is 0 Å². The fourth-order valence-corrected chi connectivity index (χ4v) is 2.28. The summed E-state index contributed by atoms with van der Waals surface area (Å²) in [5.41, 5.74) is 1.21. The Morgan fingerprint density at radius 3 is 1.14 bits per heavy atom. The van der Waals surface area contributed by atoms with Gasteiger partial charge in [-0.05, 0) is 35.4 Å². The van der Waals surface area contributed by atoms with E-state index in [9.17, 15) is 19.0 Å². The summed E-state index contributed by atoms with van der Waals surface area (Å²) >= 11 is 0. The van der Waals surface area contributed by atoms with Crippen molar-refractivity contribution in [1.29, 1.82) is 0 Å². The van der Waals surface area contributed by atoms with Crippen molar-refractivity contribution in [2.75, 3.05) is 0 Å². The first-order valence-corrected chi connectivity index (χ1v) is 6.63. The van der Waals surface area contributed by atoms with Crippen LogP contribution in [0.25, 0.3) is 22.3 Å². The van der Waals surface area contributed by atoms with Crippen molar-refractivity contribution in [2.24, 2.45) is 0 Å². The molecule has 0 saturated carbocycles. The van der Waals surface area contributed by atoms with E-state index in [-0.39, 0.29) is 22.6 Å². The van der Waals surface area contributed by atoms with Crippen LogP contribution in [0.4, 0.5) is 8.78 Å². The van der Waals surface area contributed by atoms with Crippen molar-refractivity contribution in [3.05, 3.63) is 72.3 Å². The lowest BCUT2D eigenvalue weighted by molar-refractivity contribution is 0.474. The number of rotatable bonds is 2. The van der Waals surface area contributed by atoms with Gasteiger partial charge in [0, 0.05) is 11.1 Å². The van der Waals surface area contributed by atoms with Gasteiger partial charge in [0.05, 0.1) is 0 Å². The standard InChI is InChI=1S/C18H12F2O2/c19-17-15(11-1-5-13(21)6-2-11)9-10-16(18(17)20)12-3-7-14(22)8-4-12/h1-10,21-22H. The van der Waals surface area contributed by atoms with E-state index in [0.29, 0.717) is 11.1 Å².